The molecule has 1 fully saturated rings. The number of likely N-dealkylation sites (tertiary alicyclic amines) is 1. The van der Waals surface area contributed by atoms with Gasteiger partial charge in [-0.15, -0.1) is 0 Å². The van der Waals surface area contributed by atoms with Crippen LogP contribution in [-0.2, 0) is 6.42 Å². The largest absolute Gasteiger partial charge is 0.385 e. The minimum atomic E-state index is 0.0741. The van der Waals surface area contributed by atoms with E-state index < -0.39 is 0 Å². The van der Waals surface area contributed by atoms with Crippen molar-refractivity contribution in [3.63, 3.8) is 0 Å². The van der Waals surface area contributed by atoms with Crippen LogP contribution in [0.15, 0.2) is 18.2 Å². The number of rotatable bonds is 4. The highest BCUT2D eigenvalue weighted by Crippen LogP contribution is 2.25. The first-order chi connectivity index (χ1) is 10.7. The third-order valence-corrected chi connectivity index (χ3v) is 4.70. The second-order valence-electron chi connectivity index (χ2n) is 6.60. The number of amides is 1. The van der Waals surface area contributed by atoms with Gasteiger partial charge in [0.1, 0.15) is 0 Å². The number of carbonyl (C=O) groups excluding carboxylic acids is 1. The van der Waals surface area contributed by atoms with Crippen molar-refractivity contribution < 1.29 is 4.79 Å². The number of nitrogens with one attached hydrogen (secondary N) is 2. The predicted octanol–water partition coefficient (Wildman–Crippen LogP) is 2.65. The van der Waals surface area contributed by atoms with Gasteiger partial charge in [0.25, 0.3) is 5.91 Å². The Morgan fingerprint density at radius 1 is 1.27 bits per heavy atom. The predicted molar refractivity (Wildman–Crippen MR) is 90.5 cm³/mol. The first kappa shape index (κ1) is 15.3. The van der Waals surface area contributed by atoms with Gasteiger partial charge < -0.3 is 15.5 Å². The molecule has 2 heterocycles. The summed E-state index contributed by atoms with van der Waals surface area (Å²) >= 11 is 0. The summed E-state index contributed by atoms with van der Waals surface area (Å²) in [4.78, 5) is 15.1. The lowest BCUT2D eigenvalue weighted by molar-refractivity contribution is 0.0924. The third kappa shape index (κ3) is 3.61. The summed E-state index contributed by atoms with van der Waals surface area (Å²) in [5.74, 6) is 0.0741. The minimum Gasteiger partial charge on any atom is -0.385 e. The van der Waals surface area contributed by atoms with Gasteiger partial charge in [-0.3, -0.25) is 4.79 Å². The van der Waals surface area contributed by atoms with E-state index in [1.807, 2.05) is 12.1 Å². The quantitative estimate of drug-likeness (QED) is 0.898. The Labute approximate surface area is 133 Å². The maximum Gasteiger partial charge on any atom is 0.251 e. The van der Waals surface area contributed by atoms with Crippen LogP contribution in [0.25, 0.3) is 0 Å². The summed E-state index contributed by atoms with van der Waals surface area (Å²) in [5.41, 5.74) is 3.15. The van der Waals surface area contributed by atoms with Gasteiger partial charge >= 0.3 is 0 Å². The van der Waals surface area contributed by atoms with Crippen LogP contribution in [0, 0.1) is 0 Å². The summed E-state index contributed by atoms with van der Waals surface area (Å²) in [7, 11) is 0. The van der Waals surface area contributed by atoms with Gasteiger partial charge in [0.05, 0.1) is 0 Å². The average Bonchev–Trinajstić information content (AvgIpc) is 2.55. The zero-order valence-electron chi connectivity index (χ0n) is 13.5. The molecule has 2 aliphatic rings. The molecular weight excluding hydrogens is 274 g/mol. The molecule has 0 spiro atoms. The zero-order chi connectivity index (χ0) is 15.4. The molecule has 0 bridgehead atoms. The number of piperidine rings is 1. The first-order valence-electron chi connectivity index (χ1n) is 8.63. The van der Waals surface area contributed by atoms with Gasteiger partial charge in [-0.2, -0.15) is 0 Å². The molecule has 4 heteroatoms. The average molecular weight is 301 g/mol. The lowest BCUT2D eigenvalue weighted by Crippen LogP contribution is -2.44. The van der Waals surface area contributed by atoms with E-state index in [9.17, 15) is 4.79 Å². The number of hydrogen-bond acceptors (Lipinski definition) is 3. The number of nitrogens with zero attached hydrogens (tertiary/aromatic N) is 1. The van der Waals surface area contributed by atoms with Gasteiger partial charge in [-0.25, -0.2) is 0 Å². The number of benzene rings is 1. The van der Waals surface area contributed by atoms with Crippen molar-refractivity contribution in [1.82, 2.24) is 10.2 Å². The molecule has 1 unspecified atom stereocenters. The summed E-state index contributed by atoms with van der Waals surface area (Å²) in [6.45, 7) is 6.42. The van der Waals surface area contributed by atoms with E-state index in [0.29, 0.717) is 0 Å². The Morgan fingerprint density at radius 3 is 2.91 bits per heavy atom. The second kappa shape index (κ2) is 7.14. The third-order valence-electron chi connectivity index (χ3n) is 4.70. The molecule has 0 aromatic heterocycles. The molecule has 1 saturated heterocycles. The Kier molecular flexibility index (Phi) is 4.98. The molecule has 4 nitrogen and oxygen atoms in total. The SMILES string of the molecule is CC(CN1CCCCC1)NC(=O)c1cccc2c1CCCN2. The van der Waals surface area contributed by atoms with Gasteiger partial charge in [0.15, 0.2) is 0 Å². The number of anilines is 1. The number of carbonyl (C=O) groups is 1. The fraction of sp³-hybridized carbons (Fsp3) is 0.611. The van der Waals surface area contributed by atoms with Crippen LogP contribution >= 0.6 is 0 Å². The van der Waals surface area contributed by atoms with Crippen molar-refractivity contribution in [3.05, 3.63) is 29.3 Å². The minimum absolute atomic E-state index is 0.0741. The lowest BCUT2D eigenvalue weighted by Gasteiger charge is -2.29. The van der Waals surface area contributed by atoms with Crippen LogP contribution in [-0.4, -0.2) is 43.0 Å². The van der Waals surface area contributed by atoms with E-state index in [1.54, 1.807) is 0 Å². The van der Waals surface area contributed by atoms with Crippen LogP contribution < -0.4 is 10.6 Å². The van der Waals surface area contributed by atoms with Crippen molar-refractivity contribution in [3.8, 4) is 0 Å². The topological polar surface area (TPSA) is 44.4 Å². The highest BCUT2D eigenvalue weighted by Gasteiger charge is 2.20. The van der Waals surface area contributed by atoms with Gasteiger partial charge in [0, 0.05) is 30.4 Å². The van der Waals surface area contributed by atoms with Gasteiger partial charge in [0.2, 0.25) is 0 Å². The van der Waals surface area contributed by atoms with Crippen molar-refractivity contribution in [2.24, 2.45) is 0 Å². The molecule has 0 radical (unpaired) electrons. The second-order valence-corrected chi connectivity index (χ2v) is 6.60. The molecule has 22 heavy (non-hydrogen) atoms. The first-order valence-corrected chi connectivity index (χ1v) is 8.63. The standard InChI is InChI=1S/C18H27N3O/c1-14(13-21-11-3-2-4-12-21)20-18(22)16-7-5-9-17-15(16)8-6-10-19-17/h5,7,9,14,19H,2-4,6,8,10-13H2,1H3,(H,20,22). The molecule has 1 amide bonds. The molecular formula is C18H27N3O. The fourth-order valence-corrected chi connectivity index (χ4v) is 3.60. The Morgan fingerprint density at radius 2 is 2.09 bits per heavy atom. The molecule has 1 aromatic rings. The van der Waals surface area contributed by atoms with E-state index in [4.69, 9.17) is 0 Å². The van der Waals surface area contributed by atoms with Crippen LogP contribution in [0.2, 0.25) is 0 Å². The molecule has 0 saturated carbocycles. The molecule has 2 N–H and O–H groups in total. The van der Waals surface area contributed by atoms with Crippen LogP contribution in [0.3, 0.4) is 0 Å². The number of fused-ring (bicyclic) bond motifs is 1. The maximum absolute atomic E-state index is 12.6. The molecule has 0 aliphatic carbocycles. The van der Waals surface area contributed by atoms with Crippen molar-refractivity contribution in [1.29, 1.82) is 0 Å². The van der Waals surface area contributed by atoms with Crippen LogP contribution in [0.4, 0.5) is 5.69 Å². The Balaban J connectivity index is 1.61. The number of hydrogen-bond donors (Lipinski definition) is 2. The van der Waals surface area contributed by atoms with E-state index >= 15 is 0 Å². The summed E-state index contributed by atoms with van der Waals surface area (Å²) in [6, 6.07) is 6.19. The normalized spacial score (nSPS) is 19.9. The lowest BCUT2D eigenvalue weighted by atomic mass is 9.97. The van der Waals surface area contributed by atoms with E-state index in [-0.39, 0.29) is 11.9 Å². The van der Waals surface area contributed by atoms with E-state index in [1.165, 1.54) is 37.9 Å². The smallest absolute Gasteiger partial charge is 0.251 e. The highest BCUT2D eigenvalue weighted by atomic mass is 16.1. The van der Waals surface area contributed by atoms with Crippen LogP contribution in [0.1, 0.15) is 48.5 Å². The molecule has 3 rings (SSSR count). The van der Waals surface area contributed by atoms with Crippen LogP contribution in [0.5, 0.6) is 0 Å². The fourth-order valence-electron chi connectivity index (χ4n) is 3.60. The Hall–Kier alpha value is -1.55. The van der Waals surface area contributed by atoms with Crippen molar-refractivity contribution in [2.75, 3.05) is 31.5 Å². The van der Waals surface area contributed by atoms with Crippen molar-refractivity contribution >= 4 is 11.6 Å². The monoisotopic (exact) mass is 301 g/mol. The van der Waals surface area contributed by atoms with Crippen molar-refractivity contribution in [2.45, 2.75) is 45.1 Å². The van der Waals surface area contributed by atoms with E-state index in [0.717, 1.165) is 37.2 Å². The zero-order valence-corrected chi connectivity index (χ0v) is 13.5. The Bertz CT molecular complexity index is 523. The van der Waals surface area contributed by atoms with Gasteiger partial charge in [-0.05, 0) is 63.4 Å². The molecule has 1 atom stereocenters. The van der Waals surface area contributed by atoms with E-state index in [2.05, 4.69) is 28.5 Å². The maximum atomic E-state index is 12.6. The summed E-state index contributed by atoms with van der Waals surface area (Å²) < 4.78 is 0. The summed E-state index contributed by atoms with van der Waals surface area (Å²) in [5, 5.41) is 6.57. The highest BCUT2D eigenvalue weighted by molar-refractivity contribution is 5.97. The van der Waals surface area contributed by atoms with Gasteiger partial charge in [-0.1, -0.05) is 12.5 Å². The molecule has 2 aliphatic heterocycles. The molecule has 120 valence electrons. The molecule has 1 aromatic carbocycles. The summed E-state index contributed by atoms with van der Waals surface area (Å²) in [6.07, 6.45) is 6.02.